The van der Waals surface area contributed by atoms with Crippen molar-refractivity contribution >= 4 is 0 Å². The summed E-state index contributed by atoms with van der Waals surface area (Å²) in [5.41, 5.74) is 5.64. The average Bonchev–Trinajstić information content (AvgIpc) is 2.66. The molecule has 15 heavy (non-hydrogen) atoms. The summed E-state index contributed by atoms with van der Waals surface area (Å²) in [6.07, 6.45) is 2.30. The van der Waals surface area contributed by atoms with Crippen molar-refractivity contribution in [1.82, 2.24) is 4.90 Å². The molecule has 0 radical (unpaired) electrons. The van der Waals surface area contributed by atoms with Crippen molar-refractivity contribution in [2.75, 3.05) is 39.4 Å². The zero-order valence-electron chi connectivity index (χ0n) is 9.69. The average molecular weight is 216 g/mol. The van der Waals surface area contributed by atoms with Crippen LogP contribution in [-0.4, -0.2) is 55.5 Å². The highest BCUT2D eigenvalue weighted by molar-refractivity contribution is 4.78. The third-order valence-corrected chi connectivity index (χ3v) is 3.03. The summed E-state index contributed by atoms with van der Waals surface area (Å²) >= 11 is 0. The first-order valence-electron chi connectivity index (χ1n) is 5.95. The maximum atomic E-state index is 8.86. The van der Waals surface area contributed by atoms with Gasteiger partial charge >= 0.3 is 0 Å². The second-order valence-corrected chi connectivity index (χ2v) is 4.24. The van der Waals surface area contributed by atoms with Crippen molar-refractivity contribution in [3.8, 4) is 0 Å². The Morgan fingerprint density at radius 2 is 2.40 bits per heavy atom. The van der Waals surface area contributed by atoms with E-state index in [4.69, 9.17) is 15.6 Å². The zero-order chi connectivity index (χ0) is 11.1. The van der Waals surface area contributed by atoms with E-state index in [2.05, 4.69) is 4.90 Å². The number of ether oxygens (including phenoxy) is 1. The number of likely N-dealkylation sites (tertiary alicyclic amines) is 1. The Hall–Kier alpha value is -0.160. The van der Waals surface area contributed by atoms with E-state index < -0.39 is 0 Å². The van der Waals surface area contributed by atoms with E-state index >= 15 is 0 Å². The molecule has 0 spiro atoms. The molecule has 0 aromatic heterocycles. The molecule has 2 unspecified atom stereocenters. The van der Waals surface area contributed by atoms with Gasteiger partial charge in [0.05, 0.1) is 6.10 Å². The Bertz CT molecular complexity index is 167. The first-order chi connectivity index (χ1) is 7.30. The van der Waals surface area contributed by atoms with Crippen LogP contribution in [0.25, 0.3) is 0 Å². The molecule has 1 aliphatic rings. The summed E-state index contributed by atoms with van der Waals surface area (Å²) in [4.78, 5) is 2.40. The van der Waals surface area contributed by atoms with Gasteiger partial charge in [-0.05, 0) is 32.2 Å². The van der Waals surface area contributed by atoms with E-state index in [1.165, 1.54) is 6.42 Å². The molecule has 0 aromatic carbocycles. The van der Waals surface area contributed by atoms with Crippen LogP contribution in [0.4, 0.5) is 0 Å². The van der Waals surface area contributed by atoms with Gasteiger partial charge in [0, 0.05) is 32.8 Å². The Morgan fingerprint density at radius 1 is 1.60 bits per heavy atom. The van der Waals surface area contributed by atoms with Crippen LogP contribution in [0.3, 0.4) is 0 Å². The topological polar surface area (TPSA) is 58.7 Å². The van der Waals surface area contributed by atoms with Crippen LogP contribution >= 0.6 is 0 Å². The lowest BCUT2D eigenvalue weighted by Gasteiger charge is -2.22. The highest BCUT2D eigenvalue weighted by Crippen LogP contribution is 2.19. The van der Waals surface area contributed by atoms with Crippen LogP contribution in [0, 0.1) is 5.92 Å². The lowest BCUT2D eigenvalue weighted by Crippen LogP contribution is -2.37. The predicted octanol–water partition coefficient (Wildman–Crippen LogP) is 0.0545. The van der Waals surface area contributed by atoms with E-state index in [-0.39, 0.29) is 6.10 Å². The zero-order valence-corrected chi connectivity index (χ0v) is 9.69. The second-order valence-electron chi connectivity index (χ2n) is 4.24. The molecule has 1 aliphatic heterocycles. The van der Waals surface area contributed by atoms with Crippen molar-refractivity contribution in [1.29, 1.82) is 0 Å². The molecule has 0 amide bonds. The van der Waals surface area contributed by atoms with E-state index in [1.54, 1.807) is 0 Å². The Morgan fingerprint density at radius 3 is 3.00 bits per heavy atom. The Balaban J connectivity index is 2.21. The van der Waals surface area contributed by atoms with E-state index in [1.807, 2.05) is 6.92 Å². The Kier molecular flexibility index (Phi) is 6.17. The Labute approximate surface area is 92.4 Å². The van der Waals surface area contributed by atoms with Gasteiger partial charge in [0.1, 0.15) is 0 Å². The molecular weight excluding hydrogens is 192 g/mol. The number of nitrogens with two attached hydrogens (primary N) is 1. The molecule has 90 valence electrons. The molecule has 1 fully saturated rings. The highest BCUT2D eigenvalue weighted by Gasteiger charge is 2.23. The monoisotopic (exact) mass is 216 g/mol. The molecule has 1 saturated heterocycles. The number of nitrogens with zero attached hydrogens (tertiary/aromatic N) is 1. The van der Waals surface area contributed by atoms with Gasteiger partial charge in [-0.25, -0.2) is 0 Å². The number of rotatable bonds is 7. The smallest absolute Gasteiger partial charge is 0.0823 e. The van der Waals surface area contributed by atoms with Crippen molar-refractivity contribution in [3.63, 3.8) is 0 Å². The van der Waals surface area contributed by atoms with Crippen molar-refractivity contribution in [3.05, 3.63) is 0 Å². The first kappa shape index (κ1) is 12.9. The number of hydrogen-bond acceptors (Lipinski definition) is 4. The molecule has 2 atom stereocenters. The van der Waals surface area contributed by atoms with Crippen molar-refractivity contribution in [2.24, 2.45) is 11.7 Å². The molecule has 4 nitrogen and oxygen atoms in total. The van der Waals surface area contributed by atoms with Crippen LogP contribution in [-0.2, 0) is 4.74 Å². The van der Waals surface area contributed by atoms with Gasteiger partial charge in [-0.1, -0.05) is 0 Å². The summed E-state index contributed by atoms with van der Waals surface area (Å²) < 4.78 is 5.53. The SMILES string of the molecule is CCOC(CN)CN1CCC(CCO)C1. The number of aliphatic hydroxyl groups is 1. The van der Waals surface area contributed by atoms with Crippen molar-refractivity contribution < 1.29 is 9.84 Å². The van der Waals surface area contributed by atoms with Crippen LogP contribution in [0.2, 0.25) is 0 Å². The van der Waals surface area contributed by atoms with E-state index in [0.717, 1.165) is 32.7 Å². The van der Waals surface area contributed by atoms with Gasteiger partial charge in [0.15, 0.2) is 0 Å². The quantitative estimate of drug-likeness (QED) is 0.631. The largest absolute Gasteiger partial charge is 0.396 e. The minimum atomic E-state index is 0.169. The maximum Gasteiger partial charge on any atom is 0.0823 e. The normalized spacial score (nSPS) is 24.6. The van der Waals surface area contributed by atoms with Crippen LogP contribution in [0.1, 0.15) is 19.8 Å². The predicted molar refractivity (Wildman–Crippen MR) is 60.7 cm³/mol. The van der Waals surface area contributed by atoms with Crippen LogP contribution in [0.5, 0.6) is 0 Å². The summed E-state index contributed by atoms with van der Waals surface area (Å²) in [7, 11) is 0. The van der Waals surface area contributed by atoms with Gasteiger partial charge in [-0.15, -0.1) is 0 Å². The third kappa shape index (κ3) is 4.47. The molecule has 0 saturated carbocycles. The van der Waals surface area contributed by atoms with E-state index in [9.17, 15) is 0 Å². The fraction of sp³-hybridized carbons (Fsp3) is 1.00. The molecule has 1 rings (SSSR count). The number of hydrogen-bond donors (Lipinski definition) is 2. The van der Waals surface area contributed by atoms with E-state index in [0.29, 0.717) is 19.1 Å². The van der Waals surface area contributed by atoms with Gasteiger partial charge < -0.3 is 20.5 Å². The molecule has 4 heteroatoms. The van der Waals surface area contributed by atoms with Crippen LogP contribution < -0.4 is 5.73 Å². The number of aliphatic hydroxyl groups excluding tert-OH is 1. The molecule has 1 heterocycles. The summed E-state index contributed by atoms with van der Waals surface area (Å²) in [5, 5.41) is 8.86. The molecule has 3 N–H and O–H groups in total. The molecular formula is C11H24N2O2. The first-order valence-corrected chi connectivity index (χ1v) is 5.95. The van der Waals surface area contributed by atoms with Gasteiger partial charge in [-0.3, -0.25) is 0 Å². The summed E-state index contributed by atoms with van der Waals surface area (Å²) in [5.74, 6) is 0.662. The minimum absolute atomic E-state index is 0.169. The molecule has 0 bridgehead atoms. The fourth-order valence-electron chi connectivity index (χ4n) is 2.22. The van der Waals surface area contributed by atoms with Gasteiger partial charge in [0.25, 0.3) is 0 Å². The van der Waals surface area contributed by atoms with Crippen LogP contribution in [0.15, 0.2) is 0 Å². The van der Waals surface area contributed by atoms with Crippen molar-refractivity contribution in [2.45, 2.75) is 25.9 Å². The summed E-state index contributed by atoms with van der Waals surface area (Å²) in [6.45, 7) is 6.78. The van der Waals surface area contributed by atoms with Gasteiger partial charge in [0.2, 0.25) is 0 Å². The molecule has 0 aliphatic carbocycles. The maximum absolute atomic E-state index is 8.86. The third-order valence-electron chi connectivity index (χ3n) is 3.03. The lowest BCUT2D eigenvalue weighted by atomic mass is 10.1. The minimum Gasteiger partial charge on any atom is -0.396 e. The summed E-state index contributed by atoms with van der Waals surface area (Å²) in [6, 6.07) is 0. The highest BCUT2D eigenvalue weighted by atomic mass is 16.5. The lowest BCUT2D eigenvalue weighted by molar-refractivity contribution is 0.0437. The fourth-order valence-corrected chi connectivity index (χ4v) is 2.22. The standard InChI is InChI=1S/C11H24N2O2/c1-2-15-11(7-12)9-13-5-3-10(8-13)4-6-14/h10-11,14H,2-9,12H2,1H3. The van der Waals surface area contributed by atoms with Gasteiger partial charge in [-0.2, -0.15) is 0 Å². The second kappa shape index (κ2) is 7.17. The molecule has 0 aromatic rings.